The summed E-state index contributed by atoms with van der Waals surface area (Å²) in [5.41, 5.74) is 4.00. The zero-order valence-electron chi connectivity index (χ0n) is 20.0. The summed E-state index contributed by atoms with van der Waals surface area (Å²) in [4.78, 5) is 14.0. The fraction of sp³-hybridized carbons (Fsp3) is 0.480. The molecule has 8 heteroatoms. The van der Waals surface area contributed by atoms with Gasteiger partial charge in [0.2, 0.25) is 0 Å². The van der Waals surface area contributed by atoms with Crippen LogP contribution in [0.5, 0.6) is 0 Å². The number of fused-ring (bicyclic) bond motifs is 2. The van der Waals surface area contributed by atoms with Crippen molar-refractivity contribution in [2.45, 2.75) is 64.9 Å². The molecule has 1 N–H and O–H groups in total. The summed E-state index contributed by atoms with van der Waals surface area (Å²) in [5, 5.41) is 4.71. The van der Waals surface area contributed by atoms with Crippen LogP contribution >= 0.6 is 55.1 Å². The second-order valence-corrected chi connectivity index (χ2v) is 13.3. The number of anilines is 2. The summed E-state index contributed by atoms with van der Waals surface area (Å²) < 4.78 is 7.30. The smallest absolute Gasteiger partial charge is 0.414 e. The van der Waals surface area contributed by atoms with Gasteiger partial charge in [-0.1, -0.05) is 50.9 Å². The van der Waals surface area contributed by atoms with Crippen molar-refractivity contribution < 1.29 is 9.53 Å². The van der Waals surface area contributed by atoms with Crippen molar-refractivity contribution in [3.63, 3.8) is 0 Å². The molecule has 0 bridgehead atoms. The number of rotatable bonds is 0. The molecule has 0 radical (unpaired) electrons. The average molecular weight is 621 g/mol. The Hall–Kier alpha value is -0.950. The van der Waals surface area contributed by atoms with E-state index < -0.39 is 5.60 Å². The molecule has 180 valence electrons. The Morgan fingerprint density at radius 3 is 2.09 bits per heavy atom. The van der Waals surface area contributed by atoms with Crippen molar-refractivity contribution in [3.8, 4) is 0 Å². The Balaban J connectivity index is 0.000000203. The van der Waals surface area contributed by atoms with E-state index in [1.54, 1.807) is 4.90 Å². The molecule has 0 saturated heterocycles. The molecule has 0 aromatic heterocycles. The van der Waals surface area contributed by atoms with Crippen LogP contribution in [0, 0.1) is 0 Å². The van der Waals surface area contributed by atoms with Gasteiger partial charge in [-0.05, 0) is 88.0 Å². The fourth-order valence-corrected chi connectivity index (χ4v) is 5.02. The second kappa shape index (κ2) is 9.25. The zero-order chi connectivity index (χ0) is 24.9. The topological polar surface area (TPSA) is 41.6 Å². The Morgan fingerprint density at radius 2 is 1.52 bits per heavy atom. The lowest BCUT2D eigenvalue weighted by molar-refractivity contribution is 0.0579. The van der Waals surface area contributed by atoms with Crippen LogP contribution in [0.25, 0.3) is 0 Å². The molecule has 33 heavy (non-hydrogen) atoms. The number of hydrogen-bond donors (Lipinski definition) is 1. The number of nitrogens with one attached hydrogen (secondary N) is 1. The summed E-state index contributed by atoms with van der Waals surface area (Å²) >= 11 is 19.0. The first kappa shape index (κ1) is 26.7. The monoisotopic (exact) mass is 618 g/mol. The van der Waals surface area contributed by atoms with E-state index in [1.807, 2.05) is 39.0 Å². The third-order valence-corrected chi connectivity index (χ3v) is 8.13. The quantitative estimate of drug-likeness (QED) is 0.320. The molecule has 2 heterocycles. The highest BCUT2D eigenvalue weighted by Crippen LogP contribution is 2.45. The first-order chi connectivity index (χ1) is 15.0. The van der Waals surface area contributed by atoms with Crippen LogP contribution in [0.1, 0.15) is 59.6 Å². The van der Waals surface area contributed by atoms with Crippen molar-refractivity contribution in [3.05, 3.63) is 54.4 Å². The minimum Gasteiger partial charge on any atom is -0.443 e. The number of amides is 1. The van der Waals surface area contributed by atoms with E-state index in [1.165, 1.54) is 11.3 Å². The molecular formula is C25H30Br2Cl2N2O2. The maximum atomic E-state index is 12.4. The lowest BCUT2D eigenvalue weighted by Crippen LogP contribution is -2.38. The summed E-state index contributed by atoms with van der Waals surface area (Å²) in [7, 11) is 0. The van der Waals surface area contributed by atoms with Crippen LogP contribution in [0.3, 0.4) is 0 Å². The molecule has 0 unspecified atom stereocenters. The molecule has 2 aromatic carbocycles. The Labute approximate surface area is 223 Å². The molecular weight excluding hydrogens is 591 g/mol. The SMILES string of the molecule is CC(C)(C)OC(=O)N1CC(C)(C)c2cc(Br)c(Cl)cc21.CC1(C)CNc2cc(Cl)c(Br)cc21. The predicted octanol–water partition coefficient (Wildman–Crippen LogP) is 8.94. The minimum absolute atomic E-state index is 0.126. The number of benzene rings is 2. The molecule has 0 atom stereocenters. The molecule has 2 aliphatic rings. The van der Waals surface area contributed by atoms with Crippen LogP contribution in [0.15, 0.2) is 33.2 Å². The van der Waals surface area contributed by atoms with Gasteiger partial charge in [-0.25, -0.2) is 4.79 Å². The molecule has 4 rings (SSSR count). The van der Waals surface area contributed by atoms with Gasteiger partial charge in [0.15, 0.2) is 0 Å². The van der Waals surface area contributed by atoms with E-state index in [0.717, 1.165) is 31.8 Å². The standard InChI is InChI=1S/C15H19BrClNO2.C10H11BrClN/c1-14(2,3)20-13(19)18-8-15(4,5)9-6-10(16)11(17)7-12(9)18;1-10(2)5-13-9-4-8(12)7(11)3-6(9)10/h6-7H,8H2,1-5H3;3-4,13H,5H2,1-2H3. The molecule has 2 aromatic rings. The molecule has 0 spiro atoms. The number of halogens is 4. The third kappa shape index (κ3) is 5.83. The summed E-state index contributed by atoms with van der Waals surface area (Å²) in [6.07, 6.45) is -0.331. The van der Waals surface area contributed by atoms with Gasteiger partial charge in [0, 0.05) is 38.6 Å². The number of hydrogen-bond acceptors (Lipinski definition) is 3. The lowest BCUT2D eigenvalue weighted by Gasteiger charge is -2.26. The van der Waals surface area contributed by atoms with Gasteiger partial charge in [-0.2, -0.15) is 0 Å². The van der Waals surface area contributed by atoms with Crippen LogP contribution < -0.4 is 10.2 Å². The van der Waals surface area contributed by atoms with Gasteiger partial charge in [0.05, 0.1) is 15.7 Å². The normalized spacial score (nSPS) is 17.5. The van der Waals surface area contributed by atoms with Gasteiger partial charge in [-0.3, -0.25) is 4.90 Å². The van der Waals surface area contributed by atoms with Crippen LogP contribution in [-0.2, 0) is 15.6 Å². The number of carbonyl (C=O) groups excluding carboxylic acids is 1. The predicted molar refractivity (Wildman–Crippen MR) is 146 cm³/mol. The molecule has 0 saturated carbocycles. The number of ether oxygens (including phenoxy) is 1. The molecule has 1 amide bonds. The van der Waals surface area contributed by atoms with Gasteiger partial charge in [-0.15, -0.1) is 0 Å². The van der Waals surface area contributed by atoms with E-state index in [4.69, 9.17) is 27.9 Å². The average Bonchev–Trinajstić information content (AvgIpc) is 3.09. The van der Waals surface area contributed by atoms with Crippen molar-refractivity contribution in [1.82, 2.24) is 0 Å². The lowest BCUT2D eigenvalue weighted by atomic mass is 9.87. The summed E-state index contributed by atoms with van der Waals surface area (Å²) in [6, 6.07) is 7.90. The highest BCUT2D eigenvalue weighted by Gasteiger charge is 2.40. The molecule has 2 aliphatic heterocycles. The Kier molecular flexibility index (Phi) is 7.47. The molecule has 0 aliphatic carbocycles. The van der Waals surface area contributed by atoms with Gasteiger partial charge < -0.3 is 10.1 Å². The Bertz CT molecular complexity index is 1090. The molecule has 4 nitrogen and oxygen atoms in total. The minimum atomic E-state index is -0.511. The van der Waals surface area contributed by atoms with Crippen LogP contribution in [0.4, 0.5) is 16.2 Å². The van der Waals surface area contributed by atoms with Gasteiger partial charge >= 0.3 is 6.09 Å². The highest BCUT2D eigenvalue weighted by molar-refractivity contribution is 9.10. The summed E-state index contributed by atoms with van der Waals surface area (Å²) in [5.74, 6) is 0. The first-order valence-electron chi connectivity index (χ1n) is 10.8. The largest absolute Gasteiger partial charge is 0.443 e. The van der Waals surface area contributed by atoms with E-state index in [2.05, 4.69) is 70.9 Å². The summed E-state index contributed by atoms with van der Waals surface area (Å²) in [6.45, 7) is 15.8. The maximum absolute atomic E-state index is 12.4. The second-order valence-electron chi connectivity index (χ2n) is 10.8. The van der Waals surface area contributed by atoms with Crippen molar-refractivity contribution in [2.24, 2.45) is 0 Å². The van der Waals surface area contributed by atoms with E-state index >= 15 is 0 Å². The highest BCUT2D eigenvalue weighted by atomic mass is 79.9. The maximum Gasteiger partial charge on any atom is 0.414 e. The van der Waals surface area contributed by atoms with E-state index in [0.29, 0.717) is 11.6 Å². The van der Waals surface area contributed by atoms with Gasteiger partial charge in [0.1, 0.15) is 5.60 Å². The third-order valence-electron chi connectivity index (χ3n) is 5.74. The fourth-order valence-electron chi connectivity index (χ4n) is 4.01. The van der Waals surface area contributed by atoms with Gasteiger partial charge in [0.25, 0.3) is 0 Å². The Morgan fingerprint density at radius 1 is 0.970 bits per heavy atom. The van der Waals surface area contributed by atoms with Crippen LogP contribution in [0.2, 0.25) is 10.0 Å². The number of nitrogens with zero attached hydrogens (tertiary/aromatic N) is 1. The first-order valence-corrected chi connectivity index (χ1v) is 13.1. The van der Waals surface area contributed by atoms with E-state index in [9.17, 15) is 4.79 Å². The van der Waals surface area contributed by atoms with Crippen molar-refractivity contribution in [1.29, 1.82) is 0 Å². The molecule has 0 fully saturated rings. The van der Waals surface area contributed by atoms with Crippen molar-refractivity contribution in [2.75, 3.05) is 23.3 Å². The number of carbonyl (C=O) groups is 1. The van der Waals surface area contributed by atoms with E-state index in [-0.39, 0.29) is 16.9 Å². The van der Waals surface area contributed by atoms with Crippen molar-refractivity contribution >= 4 is 72.5 Å². The zero-order valence-corrected chi connectivity index (χ0v) is 24.7. The van der Waals surface area contributed by atoms with Crippen LogP contribution in [-0.4, -0.2) is 24.8 Å².